The molecule has 2 aliphatic rings. The molecule has 1 N–H and O–H groups in total. The summed E-state index contributed by atoms with van der Waals surface area (Å²) < 4.78 is 0. The molecule has 1 aromatic rings. The maximum atomic E-state index is 10.8. The van der Waals surface area contributed by atoms with Gasteiger partial charge in [-0.05, 0) is 81.4 Å². The molecule has 5 heteroatoms. The van der Waals surface area contributed by atoms with E-state index in [1.165, 1.54) is 44.3 Å². The second kappa shape index (κ2) is 8.58. The molecule has 2 aliphatic heterocycles. The first-order chi connectivity index (χ1) is 11.2. The van der Waals surface area contributed by atoms with Crippen molar-refractivity contribution < 1.29 is 9.90 Å². The van der Waals surface area contributed by atoms with Gasteiger partial charge < -0.3 is 10.0 Å². The molecule has 0 amide bonds. The summed E-state index contributed by atoms with van der Waals surface area (Å²) in [7, 11) is 0. The highest BCUT2D eigenvalue weighted by atomic mass is 16.4. The fraction of sp³-hybridized carbons (Fsp3) is 0.684. The van der Waals surface area contributed by atoms with Crippen LogP contribution >= 0.6 is 0 Å². The molecule has 5 nitrogen and oxygen atoms in total. The van der Waals surface area contributed by atoms with Crippen LogP contribution in [0, 0.1) is 5.41 Å². The van der Waals surface area contributed by atoms with Crippen molar-refractivity contribution >= 4 is 5.97 Å². The molecule has 0 aliphatic carbocycles. The number of carboxylic acid groups (broad SMARTS) is 1. The Morgan fingerprint density at radius 3 is 2.12 bits per heavy atom. The van der Waals surface area contributed by atoms with Gasteiger partial charge in [-0.15, -0.1) is 0 Å². The van der Waals surface area contributed by atoms with Crippen LogP contribution in [0.5, 0.6) is 0 Å². The number of hydrogen-bond acceptors (Lipinski definition) is 4. The van der Waals surface area contributed by atoms with Gasteiger partial charge in [0, 0.05) is 18.9 Å². The first kappa shape index (κ1) is 18.9. The van der Waals surface area contributed by atoms with Gasteiger partial charge in [0.1, 0.15) is 0 Å². The minimum absolute atomic E-state index is 0. The Balaban J connectivity index is 0.00000208. The van der Waals surface area contributed by atoms with Gasteiger partial charge in [-0.2, -0.15) is 0 Å². The van der Waals surface area contributed by atoms with Crippen LogP contribution in [0.1, 0.15) is 38.7 Å². The lowest BCUT2D eigenvalue weighted by molar-refractivity contribution is -0.139. The Morgan fingerprint density at radius 2 is 1.58 bits per heavy atom. The van der Waals surface area contributed by atoms with Crippen molar-refractivity contribution in [3.63, 3.8) is 0 Å². The van der Waals surface area contributed by atoms with Crippen molar-refractivity contribution in [1.82, 2.24) is 14.8 Å². The second-order valence-electron chi connectivity index (χ2n) is 7.12. The summed E-state index contributed by atoms with van der Waals surface area (Å²) in [5, 5.41) is 8.90. The highest BCUT2D eigenvalue weighted by Crippen LogP contribution is 2.41. The van der Waals surface area contributed by atoms with Crippen molar-refractivity contribution in [1.29, 1.82) is 0 Å². The van der Waals surface area contributed by atoms with Gasteiger partial charge in [0.15, 0.2) is 0 Å². The zero-order valence-corrected chi connectivity index (χ0v) is 13.8. The molecule has 2 saturated heterocycles. The third kappa shape index (κ3) is 5.02. The van der Waals surface area contributed by atoms with E-state index >= 15 is 0 Å². The highest BCUT2D eigenvalue weighted by molar-refractivity contribution is 5.69. The fourth-order valence-electron chi connectivity index (χ4n) is 3.96. The third-order valence-electron chi connectivity index (χ3n) is 5.66. The van der Waals surface area contributed by atoms with E-state index in [0.29, 0.717) is 5.41 Å². The third-order valence-corrected chi connectivity index (χ3v) is 5.66. The summed E-state index contributed by atoms with van der Waals surface area (Å²) in [5.74, 6) is -0.702. The van der Waals surface area contributed by atoms with Crippen LogP contribution in [0.2, 0.25) is 0 Å². The molecule has 0 atom stereocenters. The smallest absolute Gasteiger partial charge is 0.317 e. The van der Waals surface area contributed by atoms with Crippen LogP contribution in [0.25, 0.3) is 0 Å². The SMILES string of the molecule is C.O=C(O)CN1CCC2(CCN(CCc3ccncc3)CC2)CC1. The number of hydrogen-bond donors (Lipinski definition) is 1. The number of nitrogens with zero attached hydrogens (tertiary/aromatic N) is 3. The summed E-state index contributed by atoms with van der Waals surface area (Å²) >= 11 is 0. The number of aromatic nitrogens is 1. The summed E-state index contributed by atoms with van der Waals surface area (Å²) in [5.41, 5.74) is 1.84. The molecule has 0 radical (unpaired) electrons. The van der Waals surface area contributed by atoms with E-state index in [2.05, 4.69) is 26.9 Å². The van der Waals surface area contributed by atoms with E-state index in [1.54, 1.807) is 0 Å². The van der Waals surface area contributed by atoms with E-state index in [4.69, 9.17) is 5.11 Å². The Kier molecular flexibility index (Phi) is 6.75. The van der Waals surface area contributed by atoms with Gasteiger partial charge >= 0.3 is 5.97 Å². The minimum Gasteiger partial charge on any atom is -0.480 e. The topological polar surface area (TPSA) is 56.7 Å². The number of aliphatic carboxylic acids is 1. The molecular formula is C19H31N3O2. The molecule has 3 rings (SSSR count). The quantitative estimate of drug-likeness (QED) is 0.897. The standard InChI is InChI=1S/C18H27N3O2.CH4/c22-17(23)15-21-13-6-18(7-14-21)4-11-20(12-5-18)10-3-16-1-8-19-9-2-16;/h1-2,8-9H,3-7,10-15H2,(H,22,23);1H4. The number of rotatable bonds is 5. The average molecular weight is 333 g/mol. The lowest BCUT2D eigenvalue weighted by atomic mass is 9.71. The molecule has 2 fully saturated rings. The zero-order valence-electron chi connectivity index (χ0n) is 13.8. The molecule has 134 valence electrons. The predicted molar refractivity (Wildman–Crippen MR) is 96.1 cm³/mol. The van der Waals surface area contributed by atoms with E-state index in [0.717, 1.165) is 26.1 Å². The van der Waals surface area contributed by atoms with E-state index in [9.17, 15) is 4.79 Å². The van der Waals surface area contributed by atoms with Crippen LogP contribution in [0.15, 0.2) is 24.5 Å². The first-order valence-corrected chi connectivity index (χ1v) is 8.71. The van der Waals surface area contributed by atoms with Crippen LogP contribution in [-0.4, -0.2) is 65.1 Å². The van der Waals surface area contributed by atoms with Crippen molar-refractivity contribution in [2.45, 2.75) is 39.5 Å². The minimum atomic E-state index is -0.702. The lowest BCUT2D eigenvalue weighted by Gasteiger charge is -2.46. The Labute approximate surface area is 145 Å². The van der Waals surface area contributed by atoms with Crippen molar-refractivity contribution in [2.75, 3.05) is 39.3 Å². The number of carboxylic acids is 1. The van der Waals surface area contributed by atoms with Gasteiger partial charge in [0.25, 0.3) is 0 Å². The predicted octanol–water partition coefficient (Wildman–Crippen LogP) is 2.52. The molecule has 0 aromatic carbocycles. The normalized spacial score (nSPS) is 21.3. The average Bonchev–Trinajstić information content (AvgIpc) is 2.57. The zero-order chi connectivity index (χ0) is 16.1. The van der Waals surface area contributed by atoms with Gasteiger partial charge in [-0.3, -0.25) is 14.7 Å². The molecule has 24 heavy (non-hydrogen) atoms. The monoisotopic (exact) mass is 333 g/mol. The maximum Gasteiger partial charge on any atom is 0.317 e. The molecule has 0 bridgehead atoms. The molecule has 0 unspecified atom stereocenters. The number of piperidine rings is 2. The van der Waals surface area contributed by atoms with E-state index < -0.39 is 5.97 Å². The molecule has 1 spiro atoms. The first-order valence-electron chi connectivity index (χ1n) is 8.71. The number of likely N-dealkylation sites (tertiary alicyclic amines) is 2. The van der Waals surface area contributed by atoms with Gasteiger partial charge in [-0.25, -0.2) is 0 Å². The summed E-state index contributed by atoms with van der Waals surface area (Å²) in [4.78, 5) is 19.5. The Bertz CT molecular complexity index is 503. The Hall–Kier alpha value is -1.46. The van der Waals surface area contributed by atoms with Crippen LogP contribution in [-0.2, 0) is 11.2 Å². The summed E-state index contributed by atoms with van der Waals surface area (Å²) in [6.07, 6.45) is 9.70. The molecule has 0 saturated carbocycles. The van der Waals surface area contributed by atoms with Gasteiger partial charge in [-0.1, -0.05) is 7.43 Å². The van der Waals surface area contributed by atoms with Gasteiger partial charge in [0.2, 0.25) is 0 Å². The van der Waals surface area contributed by atoms with Crippen molar-refractivity contribution in [2.24, 2.45) is 5.41 Å². The lowest BCUT2D eigenvalue weighted by Crippen LogP contribution is -2.48. The van der Waals surface area contributed by atoms with Gasteiger partial charge in [0.05, 0.1) is 6.54 Å². The van der Waals surface area contributed by atoms with Crippen LogP contribution in [0.3, 0.4) is 0 Å². The summed E-state index contributed by atoms with van der Waals surface area (Å²) in [6, 6.07) is 4.20. The van der Waals surface area contributed by atoms with Crippen LogP contribution in [0.4, 0.5) is 0 Å². The van der Waals surface area contributed by atoms with E-state index in [-0.39, 0.29) is 14.0 Å². The number of pyridine rings is 1. The number of carbonyl (C=O) groups is 1. The van der Waals surface area contributed by atoms with Crippen molar-refractivity contribution in [3.8, 4) is 0 Å². The molecule has 1 aromatic heterocycles. The molecular weight excluding hydrogens is 302 g/mol. The summed E-state index contributed by atoms with van der Waals surface area (Å²) in [6.45, 7) is 5.60. The second-order valence-corrected chi connectivity index (χ2v) is 7.12. The maximum absolute atomic E-state index is 10.8. The van der Waals surface area contributed by atoms with Crippen LogP contribution < -0.4 is 0 Å². The fourth-order valence-corrected chi connectivity index (χ4v) is 3.96. The molecule has 3 heterocycles. The Morgan fingerprint density at radius 1 is 1.04 bits per heavy atom. The van der Waals surface area contributed by atoms with E-state index in [1.807, 2.05) is 12.4 Å². The highest BCUT2D eigenvalue weighted by Gasteiger charge is 2.37. The largest absolute Gasteiger partial charge is 0.480 e. The van der Waals surface area contributed by atoms with Crippen molar-refractivity contribution in [3.05, 3.63) is 30.1 Å².